The highest BCUT2D eigenvalue weighted by Crippen LogP contribution is 2.33. The van der Waals surface area contributed by atoms with E-state index in [2.05, 4.69) is 6.92 Å². The molecule has 2 fully saturated rings. The molecule has 20 heavy (non-hydrogen) atoms. The van der Waals surface area contributed by atoms with E-state index in [4.69, 9.17) is 5.11 Å². The molecule has 0 spiro atoms. The number of amides is 1. The van der Waals surface area contributed by atoms with Gasteiger partial charge >= 0.3 is 5.97 Å². The zero-order valence-electron chi connectivity index (χ0n) is 12.5. The topological polar surface area (TPSA) is 57.6 Å². The average Bonchev–Trinajstić information content (AvgIpc) is 3.08. The molecular weight excluding hydrogens is 254 g/mol. The van der Waals surface area contributed by atoms with Crippen molar-refractivity contribution in [2.24, 2.45) is 17.8 Å². The Morgan fingerprint density at radius 1 is 1.25 bits per heavy atom. The molecule has 1 N–H and O–H groups in total. The molecule has 2 aliphatic rings. The van der Waals surface area contributed by atoms with Gasteiger partial charge in [0.15, 0.2) is 0 Å². The smallest absolute Gasteiger partial charge is 0.308 e. The van der Waals surface area contributed by atoms with E-state index in [-0.39, 0.29) is 17.7 Å². The van der Waals surface area contributed by atoms with Crippen LogP contribution in [0, 0.1) is 17.8 Å². The van der Waals surface area contributed by atoms with Gasteiger partial charge in [0, 0.05) is 19.0 Å². The molecule has 1 heterocycles. The summed E-state index contributed by atoms with van der Waals surface area (Å²) in [5.74, 6) is -0.0673. The Balaban J connectivity index is 1.90. The second-order valence-corrected chi connectivity index (χ2v) is 6.48. The van der Waals surface area contributed by atoms with Gasteiger partial charge in [-0.3, -0.25) is 9.59 Å². The molecule has 1 saturated heterocycles. The van der Waals surface area contributed by atoms with Crippen LogP contribution in [-0.4, -0.2) is 35.0 Å². The number of carboxylic acids is 1. The fourth-order valence-electron chi connectivity index (χ4n) is 3.76. The van der Waals surface area contributed by atoms with Crippen LogP contribution in [-0.2, 0) is 9.59 Å². The van der Waals surface area contributed by atoms with Crippen LogP contribution in [0.3, 0.4) is 0 Å². The second kappa shape index (κ2) is 7.09. The quantitative estimate of drug-likeness (QED) is 0.814. The molecule has 0 bridgehead atoms. The van der Waals surface area contributed by atoms with Crippen molar-refractivity contribution < 1.29 is 14.7 Å². The maximum Gasteiger partial charge on any atom is 0.308 e. The van der Waals surface area contributed by atoms with Crippen molar-refractivity contribution in [1.82, 2.24) is 4.90 Å². The Morgan fingerprint density at radius 2 is 1.95 bits per heavy atom. The van der Waals surface area contributed by atoms with Crippen molar-refractivity contribution in [2.75, 3.05) is 13.1 Å². The third-order valence-corrected chi connectivity index (χ3v) is 4.93. The summed E-state index contributed by atoms with van der Waals surface area (Å²) in [6, 6.07) is 0. The highest BCUT2D eigenvalue weighted by Gasteiger charge is 2.34. The fourth-order valence-corrected chi connectivity index (χ4v) is 3.76. The molecule has 2 rings (SSSR count). The molecule has 0 aromatic rings. The molecule has 1 saturated carbocycles. The Bertz CT molecular complexity index is 350. The van der Waals surface area contributed by atoms with Gasteiger partial charge in [0.2, 0.25) is 5.91 Å². The van der Waals surface area contributed by atoms with Crippen LogP contribution < -0.4 is 0 Å². The normalized spacial score (nSPS) is 25.1. The van der Waals surface area contributed by atoms with Crippen molar-refractivity contribution in [1.29, 1.82) is 0 Å². The van der Waals surface area contributed by atoms with Crippen LogP contribution in [0.5, 0.6) is 0 Å². The molecule has 1 aliphatic carbocycles. The largest absolute Gasteiger partial charge is 0.481 e. The molecule has 0 aromatic carbocycles. The molecule has 114 valence electrons. The van der Waals surface area contributed by atoms with Crippen molar-refractivity contribution >= 4 is 11.9 Å². The first kappa shape index (κ1) is 15.3. The monoisotopic (exact) mass is 281 g/mol. The average molecular weight is 281 g/mol. The van der Waals surface area contributed by atoms with Crippen LogP contribution in [0.25, 0.3) is 0 Å². The lowest BCUT2D eigenvalue weighted by molar-refractivity contribution is -0.141. The van der Waals surface area contributed by atoms with Crippen molar-refractivity contribution in [2.45, 2.75) is 58.3 Å². The van der Waals surface area contributed by atoms with E-state index >= 15 is 0 Å². The van der Waals surface area contributed by atoms with Gasteiger partial charge in [0.05, 0.1) is 5.92 Å². The molecule has 0 aromatic heterocycles. The van der Waals surface area contributed by atoms with Gasteiger partial charge in [-0.15, -0.1) is 0 Å². The number of nitrogens with zero attached hydrogens (tertiary/aromatic N) is 1. The standard InChI is InChI=1S/C16H27NO3/c1-2-5-13(10-12-6-3-4-7-12)15(18)17-9-8-14(11-17)16(19)20/h12-14H,2-11H2,1H3,(H,19,20). The minimum absolute atomic E-state index is 0.121. The van der Waals surface area contributed by atoms with E-state index in [1.165, 1.54) is 25.7 Å². The van der Waals surface area contributed by atoms with E-state index < -0.39 is 5.97 Å². The van der Waals surface area contributed by atoms with E-state index in [0.29, 0.717) is 25.4 Å². The predicted molar refractivity (Wildman–Crippen MR) is 77.3 cm³/mol. The van der Waals surface area contributed by atoms with E-state index in [1.54, 1.807) is 4.90 Å². The summed E-state index contributed by atoms with van der Waals surface area (Å²) in [7, 11) is 0. The molecule has 0 radical (unpaired) electrons. The predicted octanol–water partition coefficient (Wildman–Crippen LogP) is 2.92. The van der Waals surface area contributed by atoms with Gasteiger partial charge in [-0.25, -0.2) is 0 Å². The number of hydrogen-bond acceptors (Lipinski definition) is 2. The third-order valence-electron chi connectivity index (χ3n) is 4.93. The maximum absolute atomic E-state index is 12.6. The number of carbonyl (C=O) groups excluding carboxylic acids is 1. The minimum Gasteiger partial charge on any atom is -0.481 e. The highest BCUT2D eigenvalue weighted by atomic mass is 16.4. The third kappa shape index (κ3) is 3.74. The molecule has 4 nitrogen and oxygen atoms in total. The lowest BCUT2D eigenvalue weighted by Gasteiger charge is -2.25. The van der Waals surface area contributed by atoms with Crippen LogP contribution in [0.2, 0.25) is 0 Å². The van der Waals surface area contributed by atoms with E-state index in [9.17, 15) is 9.59 Å². The van der Waals surface area contributed by atoms with Crippen LogP contribution in [0.1, 0.15) is 58.3 Å². The lowest BCUT2D eigenvalue weighted by atomic mass is 9.89. The zero-order chi connectivity index (χ0) is 14.5. The van der Waals surface area contributed by atoms with Gasteiger partial charge in [-0.2, -0.15) is 0 Å². The minimum atomic E-state index is -0.761. The van der Waals surface area contributed by atoms with Crippen molar-refractivity contribution in [3.05, 3.63) is 0 Å². The van der Waals surface area contributed by atoms with Crippen LogP contribution in [0.15, 0.2) is 0 Å². The number of carboxylic acid groups (broad SMARTS) is 1. The SMILES string of the molecule is CCCC(CC1CCCC1)C(=O)N1CCC(C(=O)O)C1. The fraction of sp³-hybridized carbons (Fsp3) is 0.875. The van der Waals surface area contributed by atoms with E-state index in [1.807, 2.05) is 0 Å². The summed E-state index contributed by atoms with van der Waals surface area (Å²) in [5.41, 5.74) is 0. The first-order chi connectivity index (χ1) is 9.61. The Kier molecular flexibility index (Phi) is 5.44. The van der Waals surface area contributed by atoms with Gasteiger partial charge in [-0.05, 0) is 25.2 Å². The highest BCUT2D eigenvalue weighted by molar-refractivity contribution is 5.80. The molecule has 2 unspecified atom stereocenters. The van der Waals surface area contributed by atoms with Crippen LogP contribution >= 0.6 is 0 Å². The molecule has 2 atom stereocenters. The van der Waals surface area contributed by atoms with Gasteiger partial charge in [0.1, 0.15) is 0 Å². The second-order valence-electron chi connectivity index (χ2n) is 6.48. The Morgan fingerprint density at radius 3 is 2.50 bits per heavy atom. The number of aliphatic carboxylic acids is 1. The number of rotatable bonds is 6. The van der Waals surface area contributed by atoms with Crippen LogP contribution in [0.4, 0.5) is 0 Å². The maximum atomic E-state index is 12.6. The van der Waals surface area contributed by atoms with E-state index in [0.717, 1.165) is 19.3 Å². The zero-order valence-corrected chi connectivity index (χ0v) is 12.5. The van der Waals surface area contributed by atoms with Gasteiger partial charge in [0.25, 0.3) is 0 Å². The first-order valence-corrected chi connectivity index (χ1v) is 8.13. The number of carbonyl (C=O) groups is 2. The Hall–Kier alpha value is -1.06. The summed E-state index contributed by atoms with van der Waals surface area (Å²) < 4.78 is 0. The summed E-state index contributed by atoms with van der Waals surface area (Å²) in [6.07, 6.45) is 8.76. The van der Waals surface area contributed by atoms with Gasteiger partial charge in [-0.1, -0.05) is 39.0 Å². The molecular formula is C16H27NO3. The Labute approximate surface area is 121 Å². The van der Waals surface area contributed by atoms with Crippen molar-refractivity contribution in [3.8, 4) is 0 Å². The molecule has 1 amide bonds. The summed E-state index contributed by atoms with van der Waals surface area (Å²) in [5, 5.41) is 9.05. The molecule has 4 heteroatoms. The van der Waals surface area contributed by atoms with Crippen molar-refractivity contribution in [3.63, 3.8) is 0 Å². The van der Waals surface area contributed by atoms with Gasteiger partial charge < -0.3 is 10.0 Å². The number of likely N-dealkylation sites (tertiary alicyclic amines) is 1. The summed E-state index contributed by atoms with van der Waals surface area (Å²) in [6.45, 7) is 3.17. The lowest BCUT2D eigenvalue weighted by Crippen LogP contribution is -2.36. The number of hydrogen-bond donors (Lipinski definition) is 1. The first-order valence-electron chi connectivity index (χ1n) is 8.13. The summed E-state index contributed by atoms with van der Waals surface area (Å²) in [4.78, 5) is 25.4. The molecule has 1 aliphatic heterocycles. The summed E-state index contributed by atoms with van der Waals surface area (Å²) >= 11 is 0.